The van der Waals surface area contributed by atoms with Crippen LogP contribution in [0.15, 0.2) is 60.7 Å². The Morgan fingerprint density at radius 1 is 0.944 bits per heavy atom. The lowest BCUT2D eigenvalue weighted by atomic mass is 9.96. The Labute approximate surface area is 217 Å². The Morgan fingerprint density at radius 2 is 1.67 bits per heavy atom. The first kappa shape index (κ1) is 22.9. The minimum Gasteiger partial charge on any atom is -0.497 e. The molecule has 1 amide bonds. The van der Waals surface area contributed by atoms with Gasteiger partial charge in [-0.05, 0) is 79.9 Å². The van der Waals surface area contributed by atoms with Crippen LogP contribution in [0.2, 0.25) is 0 Å². The van der Waals surface area contributed by atoms with E-state index in [0.717, 1.165) is 68.8 Å². The standard InChI is InChI=1S/C28H26N4O2S2/c1-17-3-9-22-24(15-17)35-27(30-22)19-4-6-20(7-5-19)29-26(33)18-11-13-32(14-12-18)28-31-23-10-8-21(34-2)16-25(23)36-28/h3-10,15-16,18H,11-14H2,1-2H3,(H,29,33). The maximum Gasteiger partial charge on any atom is 0.227 e. The summed E-state index contributed by atoms with van der Waals surface area (Å²) in [4.78, 5) is 24.8. The van der Waals surface area contributed by atoms with E-state index < -0.39 is 0 Å². The number of aryl methyl sites for hydroxylation is 1. The van der Waals surface area contributed by atoms with Crippen LogP contribution >= 0.6 is 22.7 Å². The second-order valence-electron chi connectivity index (χ2n) is 9.15. The summed E-state index contributed by atoms with van der Waals surface area (Å²) in [6, 6.07) is 20.3. The maximum absolute atomic E-state index is 13.0. The molecule has 1 N–H and O–H groups in total. The van der Waals surface area contributed by atoms with Gasteiger partial charge in [0.05, 0.1) is 27.5 Å². The van der Waals surface area contributed by atoms with Gasteiger partial charge in [0.1, 0.15) is 10.8 Å². The highest BCUT2D eigenvalue weighted by molar-refractivity contribution is 7.22. The van der Waals surface area contributed by atoms with E-state index in [1.54, 1.807) is 29.8 Å². The number of nitrogens with one attached hydrogen (secondary N) is 1. The van der Waals surface area contributed by atoms with Crippen LogP contribution in [0, 0.1) is 12.8 Å². The fourth-order valence-corrected chi connectivity index (χ4v) is 6.70. The first-order valence-corrected chi connectivity index (χ1v) is 13.7. The molecule has 1 saturated heterocycles. The van der Waals surface area contributed by atoms with Crippen LogP contribution in [0.1, 0.15) is 18.4 Å². The summed E-state index contributed by atoms with van der Waals surface area (Å²) in [7, 11) is 1.68. The highest BCUT2D eigenvalue weighted by Crippen LogP contribution is 2.34. The largest absolute Gasteiger partial charge is 0.497 e. The summed E-state index contributed by atoms with van der Waals surface area (Å²) in [6.07, 6.45) is 1.63. The van der Waals surface area contributed by atoms with Crippen molar-refractivity contribution in [3.63, 3.8) is 0 Å². The molecule has 36 heavy (non-hydrogen) atoms. The second kappa shape index (κ2) is 9.52. The van der Waals surface area contributed by atoms with E-state index in [9.17, 15) is 4.79 Å². The number of amides is 1. The third kappa shape index (κ3) is 4.54. The molecule has 0 bridgehead atoms. The lowest BCUT2D eigenvalue weighted by Gasteiger charge is -2.31. The monoisotopic (exact) mass is 514 g/mol. The smallest absolute Gasteiger partial charge is 0.227 e. The number of nitrogens with zero attached hydrogens (tertiary/aromatic N) is 3. The van der Waals surface area contributed by atoms with Gasteiger partial charge in [-0.25, -0.2) is 9.97 Å². The van der Waals surface area contributed by atoms with Gasteiger partial charge in [-0.3, -0.25) is 4.79 Å². The van der Waals surface area contributed by atoms with E-state index in [2.05, 4.69) is 35.3 Å². The molecular formula is C28H26N4O2S2. The highest BCUT2D eigenvalue weighted by atomic mass is 32.1. The van der Waals surface area contributed by atoms with Crippen molar-refractivity contribution in [3.8, 4) is 16.3 Å². The number of piperidine rings is 1. The average Bonchev–Trinajstić information content (AvgIpc) is 3.52. The van der Waals surface area contributed by atoms with E-state index >= 15 is 0 Å². The normalized spacial score (nSPS) is 14.4. The zero-order valence-electron chi connectivity index (χ0n) is 20.2. The molecule has 6 rings (SSSR count). The van der Waals surface area contributed by atoms with E-state index in [4.69, 9.17) is 14.7 Å². The molecule has 0 saturated carbocycles. The zero-order valence-corrected chi connectivity index (χ0v) is 21.8. The Hall–Kier alpha value is -3.49. The molecule has 0 unspecified atom stereocenters. The molecule has 5 aromatic rings. The van der Waals surface area contributed by atoms with Gasteiger partial charge >= 0.3 is 0 Å². The van der Waals surface area contributed by atoms with Crippen LogP contribution in [0.4, 0.5) is 10.8 Å². The predicted octanol–water partition coefficient (Wildman–Crippen LogP) is 6.75. The van der Waals surface area contributed by atoms with Gasteiger partial charge < -0.3 is 15.0 Å². The lowest BCUT2D eigenvalue weighted by molar-refractivity contribution is -0.120. The van der Waals surface area contributed by atoms with Crippen LogP contribution in [-0.4, -0.2) is 36.1 Å². The van der Waals surface area contributed by atoms with Crippen molar-refractivity contribution >= 4 is 59.8 Å². The number of hydrogen-bond acceptors (Lipinski definition) is 7. The van der Waals surface area contributed by atoms with Gasteiger partial charge in [-0.1, -0.05) is 17.4 Å². The van der Waals surface area contributed by atoms with Crippen molar-refractivity contribution < 1.29 is 9.53 Å². The van der Waals surface area contributed by atoms with Gasteiger partial charge in [-0.2, -0.15) is 0 Å². The van der Waals surface area contributed by atoms with Crippen LogP contribution in [0.25, 0.3) is 31.0 Å². The third-order valence-electron chi connectivity index (χ3n) is 6.66. The molecule has 3 aromatic carbocycles. The highest BCUT2D eigenvalue weighted by Gasteiger charge is 2.26. The van der Waals surface area contributed by atoms with Crippen LogP contribution in [-0.2, 0) is 4.79 Å². The number of rotatable bonds is 5. The summed E-state index contributed by atoms with van der Waals surface area (Å²) in [6.45, 7) is 3.74. The van der Waals surface area contributed by atoms with Gasteiger partial charge in [-0.15, -0.1) is 11.3 Å². The first-order chi connectivity index (χ1) is 17.6. The number of ether oxygens (including phenoxy) is 1. The molecule has 182 valence electrons. The molecule has 0 aliphatic carbocycles. The number of carbonyl (C=O) groups excluding carboxylic acids is 1. The first-order valence-electron chi connectivity index (χ1n) is 12.0. The molecule has 1 aliphatic heterocycles. The fraction of sp³-hybridized carbons (Fsp3) is 0.250. The SMILES string of the molecule is COc1ccc2nc(N3CCC(C(=O)Nc4ccc(-c5nc6ccc(C)cc6s5)cc4)CC3)sc2c1. The Kier molecular flexibility index (Phi) is 6.07. The number of aromatic nitrogens is 2. The molecule has 3 heterocycles. The van der Waals surface area contributed by atoms with Crippen molar-refractivity contribution in [2.45, 2.75) is 19.8 Å². The van der Waals surface area contributed by atoms with Crippen LogP contribution < -0.4 is 15.0 Å². The molecule has 0 radical (unpaired) electrons. The van der Waals surface area contributed by atoms with E-state index in [1.165, 1.54) is 10.3 Å². The zero-order chi connectivity index (χ0) is 24.6. The fourth-order valence-electron chi connectivity index (χ4n) is 4.58. The molecule has 0 spiro atoms. The van der Waals surface area contributed by atoms with Gasteiger partial charge in [0.15, 0.2) is 5.13 Å². The Morgan fingerprint density at radius 3 is 2.44 bits per heavy atom. The lowest BCUT2D eigenvalue weighted by Crippen LogP contribution is -2.38. The summed E-state index contributed by atoms with van der Waals surface area (Å²) in [5.74, 6) is 0.936. The predicted molar refractivity (Wildman–Crippen MR) is 150 cm³/mol. The molecule has 6 nitrogen and oxygen atoms in total. The quantitative estimate of drug-likeness (QED) is 0.281. The van der Waals surface area contributed by atoms with Gasteiger partial charge in [0.2, 0.25) is 5.91 Å². The molecule has 8 heteroatoms. The van der Waals surface area contributed by atoms with Crippen molar-refractivity contribution in [2.24, 2.45) is 5.92 Å². The van der Waals surface area contributed by atoms with Crippen molar-refractivity contribution in [3.05, 3.63) is 66.2 Å². The van der Waals surface area contributed by atoms with Crippen molar-refractivity contribution in [1.29, 1.82) is 0 Å². The van der Waals surface area contributed by atoms with Crippen LogP contribution in [0.3, 0.4) is 0 Å². The average molecular weight is 515 g/mol. The summed E-state index contributed by atoms with van der Waals surface area (Å²) in [5.41, 5.74) is 5.13. The molecule has 0 atom stereocenters. The minimum absolute atomic E-state index is 0.00269. The number of carbonyl (C=O) groups is 1. The topological polar surface area (TPSA) is 67.3 Å². The second-order valence-corrected chi connectivity index (χ2v) is 11.2. The Bertz CT molecular complexity index is 1550. The van der Waals surface area contributed by atoms with Crippen molar-refractivity contribution in [2.75, 3.05) is 30.4 Å². The summed E-state index contributed by atoms with van der Waals surface area (Å²) in [5, 5.41) is 5.12. The molecule has 2 aromatic heterocycles. The van der Waals surface area contributed by atoms with Crippen LogP contribution in [0.5, 0.6) is 5.75 Å². The molecule has 1 fully saturated rings. The van der Waals surface area contributed by atoms with Gasteiger partial charge in [0, 0.05) is 30.3 Å². The maximum atomic E-state index is 13.0. The minimum atomic E-state index is 0.00269. The number of thiazole rings is 2. The number of hydrogen-bond donors (Lipinski definition) is 1. The number of anilines is 2. The van der Waals surface area contributed by atoms with Crippen molar-refractivity contribution in [1.82, 2.24) is 9.97 Å². The number of benzene rings is 3. The number of methoxy groups -OCH3 is 1. The Balaban J connectivity index is 1.07. The van der Waals surface area contributed by atoms with E-state index in [0.29, 0.717) is 0 Å². The number of fused-ring (bicyclic) bond motifs is 2. The third-order valence-corrected chi connectivity index (χ3v) is 8.81. The van der Waals surface area contributed by atoms with E-state index in [-0.39, 0.29) is 11.8 Å². The van der Waals surface area contributed by atoms with E-state index in [1.807, 2.05) is 42.5 Å². The summed E-state index contributed by atoms with van der Waals surface area (Å²) < 4.78 is 7.64. The molecular weight excluding hydrogens is 488 g/mol. The van der Waals surface area contributed by atoms with Gasteiger partial charge in [0.25, 0.3) is 0 Å². The summed E-state index contributed by atoms with van der Waals surface area (Å²) >= 11 is 3.37. The molecule has 1 aliphatic rings.